The van der Waals surface area contributed by atoms with Crippen molar-refractivity contribution in [1.82, 2.24) is 0 Å². The van der Waals surface area contributed by atoms with Gasteiger partial charge in [-0.3, -0.25) is 4.79 Å². The Bertz CT molecular complexity index is 756. The maximum Gasteiger partial charge on any atom is 0.338 e. The van der Waals surface area contributed by atoms with E-state index in [1.54, 1.807) is 17.0 Å². The highest BCUT2D eigenvalue weighted by molar-refractivity contribution is 7.91. The molecule has 2 heterocycles. The summed E-state index contributed by atoms with van der Waals surface area (Å²) in [7, 11) is -1.77. The molecule has 7 heteroatoms. The fraction of sp³-hybridized carbons (Fsp3) is 0.500. The standard InChI is InChI=1S/C16H19NO5S/c1-22-16(19)13-4-2-6-14-12(13)5-3-8-17(14)15(18)11-7-9-23(20,21)10-11/h2,4,6,11H,3,5,7-10H2,1H3/t11-/m1/s1. The summed E-state index contributed by atoms with van der Waals surface area (Å²) in [5.41, 5.74) is 1.98. The average molecular weight is 337 g/mol. The number of sulfone groups is 1. The van der Waals surface area contributed by atoms with Crippen LogP contribution in [-0.2, 0) is 25.8 Å². The van der Waals surface area contributed by atoms with Crippen LogP contribution >= 0.6 is 0 Å². The number of fused-ring (bicyclic) bond motifs is 1. The number of rotatable bonds is 2. The topological polar surface area (TPSA) is 80.8 Å². The first-order chi connectivity index (χ1) is 10.9. The Labute approximate surface area is 135 Å². The molecule has 2 aliphatic heterocycles. The molecule has 1 amide bonds. The number of benzene rings is 1. The van der Waals surface area contributed by atoms with E-state index in [-0.39, 0.29) is 17.4 Å². The van der Waals surface area contributed by atoms with E-state index >= 15 is 0 Å². The molecule has 0 aliphatic carbocycles. The van der Waals surface area contributed by atoms with Gasteiger partial charge in [-0.1, -0.05) is 6.07 Å². The minimum absolute atomic E-state index is 0.0750. The molecule has 0 spiro atoms. The Kier molecular flexibility index (Phi) is 4.14. The number of amides is 1. The van der Waals surface area contributed by atoms with Crippen LogP contribution < -0.4 is 4.90 Å². The predicted molar refractivity (Wildman–Crippen MR) is 85.2 cm³/mol. The van der Waals surface area contributed by atoms with Crippen molar-refractivity contribution in [3.63, 3.8) is 0 Å². The van der Waals surface area contributed by atoms with Gasteiger partial charge in [-0.2, -0.15) is 0 Å². The highest BCUT2D eigenvalue weighted by atomic mass is 32.2. The second-order valence-corrected chi connectivity index (χ2v) is 8.22. The third-order valence-corrected chi connectivity index (χ3v) is 6.27. The number of hydrogen-bond acceptors (Lipinski definition) is 5. The summed E-state index contributed by atoms with van der Waals surface area (Å²) in [6.07, 6.45) is 1.82. The number of hydrogen-bond donors (Lipinski definition) is 0. The molecule has 1 aromatic carbocycles. The van der Waals surface area contributed by atoms with Gasteiger partial charge >= 0.3 is 5.97 Å². The van der Waals surface area contributed by atoms with Gasteiger partial charge in [0.2, 0.25) is 5.91 Å². The molecule has 0 saturated carbocycles. The van der Waals surface area contributed by atoms with Crippen molar-refractivity contribution in [2.75, 3.05) is 30.1 Å². The van der Waals surface area contributed by atoms with Gasteiger partial charge in [0.15, 0.2) is 9.84 Å². The second kappa shape index (κ2) is 5.96. The monoisotopic (exact) mass is 337 g/mol. The molecule has 23 heavy (non-hydrogen) atoms. The first-order valence-electron chi connectivity index (χ1n) is 7.65. The first-order valence-corrected chi connectivity index (χ1v) is 9.47. The smallest absolute Gasteiger partial charge is 0.338 e. The van der Waals surface area contributed by atoms with Gasteiger partial charge in [-0.25, -0.2) is 13.2 Å². The van der Waals surface area contributed by atoms with Gasteiger partial charge in [-0.15, -0.1) is 0 Å². The van der Waals surface area contributed by atoms with Crippen molar-refractivity contribution in [2.45, 2.75) is 19.3 Å². The molecule has 124 valence electrons. The van der Waals surface area contributed by atoms with Crippen LogP contribution in [0.1, 0.15) is 28.8 Å². The summed E-state index contributed by atoms with van der Waals surface area (Å²) in [4.78, 5) is 26.3. The predicted octanol–water partition coefficient (Wildman–Crippen LogP) is 1.19. The van der Waals surface area contributed by atoms with Gasteiger partial charge in [0.25, 0.3) is 0 Å². The summed E-state index contributed by atoms with van der Waals surface area (Å²) in [5.74, 6) is -1.05. The zero-order valence-electron chi connectivity index (χ0n) is 12.9. The number of ether oxygens (including phenoxy) is 1. The van der Waals surface area contributed by atoms with Crippen molar-refractivity contribution in [3.8, 4) is 0 Å². The summed E-state index contributed by atoms with van der Waals surface area (Å²) in [6.45, 7) is 0.549. The van der Waals surface area contributed by atoms with Crippen molar-refractivity contribution in [1.29, 1.82) is 0 Å². The van der Waals surface area contributed by atoms with Crippen LogP contribution in [-0.4, -0.2) is 45.5 Å². The zero-order valence-corrected chi connectivity index (χ0v) is 13.8. The Morgan fingerprint density at radius 1 is 1.30 bits per heavy atom. The van der Waals surface area contributed by atoms with Gasteiger partial charge in [0.05, 0.1) is 30.1 Å². The quantitative estimate of drug-likeness (QED) is 0.757. The fourth-order valence-electron chi connectivity index (χ4n) is 3.36. The van der Waals surface area contributed by atoms with E-state index in [2.05, 4.69) is 0 Å². The Morgan fingerprint density at radius 3 is 2.74 bits per heavy atom. The highest BCUT2D eigenvalue weighted by Gasteiger charge is 2.37. The lowest BCUT2D eigenvalue weighted by Gasteiger charge is -2.32. The summed E-state index contributed by atoms with van der Waals surface area (Å²) in [6, 6.07) is 5.23. The highest BCUT2D eigenvalue weighted by Crippen LogP contribution is 2.33. The summed E-state index contributed by atoms with van der Waals surface area (Å²) in [5, 5.41) is 0. The second-order valence-electron chi connectivity index (χ2n) is 5.99. The lowest BCUT2D eigenvalue weighted by molar-refractivity contribution is -0.121. The summed E-state index contributed by atoms with van der Waals surface area (Å²) < 4.78 is 28.1. The number of carbonyl (C=O) groups is 2. The van der Waals surface area contributed by atoms with Crippen LogP contribution in [0, 0.1) is 5.92 Å². The van der Waals surface area contributed by atoms with Crippen molar-refractivity contribution in [3.05, 3.63) is 29.3 Å². The number of anilines is 1. The van der Waals surface area contributed by atoms with Gasteiger partial charge < -0.3 is 9.64 Å². The van der Waals surface area contributed by atoms with E-state index in [1.807, 2.05) is 6.07 Å². The molecule has 0 radical (unpaired) electrons. The number of nitrogens with zero attached hydrogens (tertiary/aromatic N) is 1. The molecule has 1 fully saturated rings. The van der Waals surface area contributed by atoms with Gasteiger partial charge in [-0.05, 0) is 37.0 Å². The van der Waals surface area contributed by atoms with Crippen LogP contribution in [0.5, 0.6) is 0 Å². The molecule has 2 aliphatic rings. The van der Waals surface area contributed by atoms with Crippen LogP contribution in [0.3, 0.4) is 0 Å². The maximum absolute atomic E-state index is 12.7. The van der Waals surface area contributed by atoms with Crippen molar-refractivity contribution < 1.29 is 22.7 Å². The van der Waals surface area contributed by atoms with Crippen LogP contribution in [0.15, 0.2) is 18.2 Å². The van der Waals surface area contributed by atoms with Gasteiger partial charge in [0.1, 0.15) is 0 Å². The van der Waals surface area contributed by atoms with E-state index in [9.17, 15) is 18.0 Å². The normalized spacial score (nSPS) is 22.5. The SMILES string of the molecule is COC(=O)c1cccc2c1CCCN2C(=O)[C@@H]1CCS(=O)(=O)C1. The molecule has 0 unspecified atom stereocenters. The summed E-state index contributed by atoms with van der Waals surface area (Å²) >= 11 is 0. The molecular weight excluding hydrogens is 318 g/mol. The number of methoxy groups -OCH3 is 1. The van der Waals surface area contributed by atoms with E-state index in [0.29, 0.717) is 30.6 Å². The van der Waals surface area contributed by atoms with E-state index < -0.39 is 21.7 Å². The minimum atomic E-state index is -3.10. The zero-order chi connectivity index (χ0) is 16.6. The number of esters is 1. The first kappa shape index (κ1) is 16.0. The molecule has 1 saturated heterocycles. The fourth-order valence-corrected chi connectivity index (χ4v) is 5.10. The van der Waals surface area contributed by atoms with Crippen LogP contribution in [0.25, 0.3) is 0 Å². The van der Waals surface area contributed by atoms with E-state index in [1.165, 1.54) is 7.11 Å². The van der Waals surface area contributed by atoms with Crippen molar-refractivity contribution in [2.24, 2.45) is 5.92 Å². The molecule has 3 rings (SSSR count). The minimum Gasteiger partial charge on any atom is -0.465 e. The van der Waals surface area contributed by atoms with Crippen molar-refractivity contribution >= 4 is 27.4 Å². The van der Waals surface area contributed by atoms with Crippen LogP contribution in [0.2, 0.25) is 0 Å². The molecule has 0 aromatic heterocycles. The van der Waals surface area contributed by atoms with Gasteiger partial charge in [0, 0.05) is 12.2 Å². The third-order valence-electron chi connectivity index (χ3n) is 4.50. The maximum atomic E-state index is 12.7. The van der Waals surface area contributed by atoms with E-state index in [4.69, 9.17) is 4.74 Å². The Balaban J connectivity index is 1.93. The average Bonchev–Trinajstić information content (AvgIpc) is 2.92. The Morgan fingerprint density at radius 2 is 2.09 bits per heavy atom. The van der Waals surface area contributed by atoms with Crippen LogP contribution in [0.4, 0.5) is 5.69 Å². The molecule has 6 nitrogen and oxygen atoms in total. The molecular formula is C16H19NO5S. The largest absolute Gasteiger partial charge is 0.465 e. The van der Waals surface area contributed by atoms with E-state index in [0.717, 1.165) is 12.0 Å². The molecule has 1 aromatic rings. The lowest BCUT2D eigenvalue weighted by Crippen LogP contribution is -2.40. The lowest BCUT2D eigenvalue weighted by atomic mass is 9.95. The molecule has 0 bridgehead atoms. The number of carbonyl (C=O) groups excluding carboxylic acids is 2. The molecule has 1 atom stereocenters. The third kappa shape index (κ3) is 2.97. The molecule has 0 N–H and O–H groups in total. The Hall–Kier alpha value is -1.89.